The number of hydrogen-bond acceptors (Lipinski definition) is 2. The zero-order valence-electron chi connectivity index (χ0n) is 10.6. The van der Waals surface area contributed by atoms with E-state index >= 15 is 0 Å². The summed E-state index contributed by atoms with van der Waals surface area (Å²) in [5.74, 6) is 0. The first-order chi connectivity index (χ1) is 7.50. The van der Waals surface area contributed by atoms with Crippen molar-refractivity contribution in [1.29, 1.82) is 5.26 Å². The Morgan fingerprint density at radius 1 is 1.25 bits per heavy atom. The largest absolute Gasteiger partial charge is 0.279 e. The quantitative estimate of drug-likeness (QED) is 0.723. The van der Waals surface area contributed by atoms with Crippen LogP contribution in [0.15, 0.2) is 30.3 Å². The fraction of sp³-hybridized carbons (Fsp3) is 0.500. The summed E-state index contributed by atoms with van der Waals surface area (Å²) >= 11 is 0. The molecule has 0 heterocycles. The fourth-order valence-corrected chi connectivity index (χ4v) is 2.11. The highest BCUT2D eigenvalue weighted by Gasteiger charge is 2.30. The molecule has 1 rings (SSSR count). The topological polar surface area (TPSA) is 27.0 Å². The van der Waals surface area contributed by atoms with Gasteiger partial charge in [0.05, 0.1) is 12.6 Å². The second-order valence-corrected chi connectivity index (χ2v) is 4.80. The van der Waals surface area contributed by atoms with Gasteiger partial charge in [-0.05, 0) is 33.3 Å². The molecule has 16 heavy (non-hydrogen) atoms. The maximum atomic E-state index is 8.90. The normalized spacial score (nSPS) is 11.8. The molecule has 1 aromatic carbocycles. The maximum absolute atomic E-state index is 8.90. The second kappa shape index (κ2) is 5.14. The van der Waals surface area contributed by atoms with E-state index in [4.69, 9.17) is 5.26 Å². The second-order valence-electron chi connectivity index (χ2n) is 4.80. The molecule has 0 radical (unpaired) electrons. The van der Waals surface area contributed by atoms with Crippen LogP contribution in [0.4, 0.5) is 0 Å². The molecule has 0 N–H and O–H groups in total. The molecule has 0 aliphatic heterocycles. The SMILES string of the molecule is CC(C)N(CC#N)C(C)(C)c1ccccc1. The molecule has 0 aliphatic rings. The van der Waals surface area contributed by atoms with Gasteiger partial charge in [0.2, 0.25) is 0 Å². The molecule has 0 unspecified atom stereocenters. The van der Waals surface area contributed by atoms with E-state index in [9.17, 15) is 0 Å². The van der Waals surface area contributed by atoms with Crippen LogP contribution in [-0.2, 0) is 5.54 Å². The Bertz CT molecular complexity index is 360. The predicted molar refractivity (Wildman–Crippen MR) is 66.9 cm³/mol. The molecular formula is C14H20N2. The van der Waals surface area contributed by atoms with Gasteiger partial charge in [0, 0.05) is 11.6 Å². The van der Waals surface area contributed by atoms with E-state index in [0.29, 0.717) is 12.6 Å². The van der Waals surface area contributed by atoms with Gasteiger partial charge in [0.25, 0.3) is 0 Å². The van der Waals surface area contributed by atoms with Crippen LogP contribution in [0.3, 0.4) is 0 Å². The molecular weight excluding hydrogens is 196 g/mol. The molecule has 0 amide bonds. The molecule has 0 aliphatic carbocycles. The summed E-state index contributed by atoms with van der Waals surface area (Å²) < 4.78 is 0. The Morgan fingerprint density at radius 3 is 2.25 bits per heavy atom. The van der Waals surface area contributed by atoms with Crippen LogP contribution in [0.5, 0.6) is 0 Å². The first kappa shape index (κ1) is 12.7. The summed E-state index contributed by atoms with van der Waals surface area (Å²) in [5, 5.41) is 8.90. The zero-order chi connectivity index (χ0) is 12.2. The predicted octanol–water partition coefficient (Wildman–Crippen LogP) is 3.16. The smallest absolute Gasteiger partial charge is 0.0875 e. The van der Waals surface area contributed by atoms with Crippen LogP contribution in [0.1, 0.15) is 33.3 Å². The fourth-order valence-electron chi connectivity index (χ4n) is 2.11. The third-order valence-electron chi connectivity index (χ3n) is 3.06. The molecule has 2 nitrogen and oxygen atoms in total. The van der Waals surface area contributed by atoms with Gasteiger partial charge in [-0.25, -0.2) is 0 Å². The van der Waals surface area contributed by atoms with Crippen molar-refractivity contribution in [2.45, 2.75) is 39.3 Å². The van der Waals surface area contributed by atoms with Crippen LogP contribution >= 0.6 is 0 Å². The molecule has 0 saturated carbocycles. The number of nitrogens with zero attached hydrogens (tertiary/aromatic N) is 2. The number of rotatable bonds is 4. The van der Waals surface area contributed by atoms with Crippen molar-refractivity contribution in [3.63, 3.8) is 0 Å². The first-order valence-corrected chi connectivity index (χ1v) is 5.69. The van der Waals surface area contributed by atoms with Crippen molar-refractivity contribution in [2.24, 2.45) is 0 Å². The molecule has 0 atom stereocenters. The Kier molecular flexibility index (Phi) is 4.09. The summed E-state index contributed by atoms with van der Waals surface area (Å²) in [5.41, 5.74) is 1.14. The lowest BCUT2D eigenvalue weighted by atomic mass is 9.91. The van der Waals surface area contributed by atoms with Crippen molar-refractivity contribution < 1.29 is 0 Å². The van der Waals surface area contributed by atoms with E-state index in [1.54, 1.807) is 0 Å². The highest BCUT2D eigenvalue weighted by Crippen LogP contribution is 2.28. The van der Waals surface area contributed by atoms with Gasteiger partial charge in [0.15, 0.2) is 0 Å². The summed E-state index contributed by atoms with van der Waals surface area (Å²) in [7, 11) is 0. The molecule has 2 heteroatoms. The van der Waals surface area contributed by atoms with Crippen LogP contribution < -0.4 is 0 Å². The highest BCUT2D eigenvalue weighted by atomic mass is 15.2. The van der Waals surface area contributed by atoms with Gasteiger partial charge < -0.3 is 0 Å². The highest BCUT2D eigenvalue weighted by molar-refractivity contribution is 5.23. The lowest BCUT2D eigenvalue weighted by Gasteiger charge is -2.40. The van der Waals surface area contributed by atoms with Crippen LogP contribution in [0.2, 0.25) is 0 Å². The van der Waals surface area contributed by atoms with Crippen molar-refractivity contribution in [1.82, 2.24) is 4.90 Å². The van der Waals surface area contributed by atoms with Crippen molar-refractivity contribution >= 4 is 0 Å². The van der Waals surface area contributed by atoms with Gasteiger partial charge in [-0.15, -0.1) is 0 Å². The van der Waals surface area contributed by atoms with E-state index in [0.717, 1.165) is 0 Å². The van der Waals surface area contributed by atoms with Gasteiger partial charge in [0.1, 0.15) is 0 Å². The summed E-state index contributed by atoms with van der Waals surface area (Å²) in [6, 6.07) is 12.9. The average Bonchev–Trinajstić information content (AvgIpc) is 2.26. The van der Waals surface area contributed by atoms with Crippen molar-refractivity contribution in [3.8, 4) is 6.07 Å². The minimum atomic E-state index is -0.106. The van der Waals surface area contributed by atoms with E-state index < -0.39 is 0 Å². The first-order valence-electron chi connectivity index (χ1n) is 5.69. The Labute approximate surface area is 98.5 Å². The van der Waals surface area contributed by atoms with Crippen LogP contribution in [0, 0.1) is 11.3 Å². The van der Waals surface area contributed by atoms with E-state index in [1.165, 1.54) is 5.56 Å². The Balaban J connectivity index is 3.03. The number of nitriles is 1. The molecule has 0 bridgehead atoms. The minimum Gasteiger partial charge on any atom is -0.279 e. The molecule has 0 spiro atoms. The summed E-state index contributed by atoms with van der Waals surface area (Å²) in [6.45, 7) is 9.04. The van der Waals surface area contributed by atoms with E-state index in [2.05, 4.69) is 50.8 Å². The summed E-state index contributed by atoms with van der Waals surface area (Å²) in [4.78, 5) is 2.21. The lowest BCUT2D eigenvalue weighted by Crippen LogP contribution is -2.46. The number of hydrogen-bond donors (Lipinski definition) is 0. The molecule has 1 aromatic rings. The number of benzene rings is 1. The third-order valence-corrected chi connectivity index (χ3v) is 3.06. The lowest BCUT2D eigenvalue weighted by molar-refractivity contribution is 0.1000. The van der Waals surface area contributed by atoms with E-state index in [-0.39, 0.29) is 5.54 Å². The summed E-state index contributed by atoms with van der Waals surface area (Å²) in [6.07, 6.45) is 0. The molecule has 0 aromatic heterocycles. The maximum Gasteiger partial charge on any atom is 0.0875 e. The van der Waals surface area contributed by atoms with E-state index in [1.807, 2.05) is 18.2 Å². The van der Waals surface area contributed by atoms with Gasteiger partial charge in [-0.2, -0.15) is 5.26 Å². The standard InChI is InChI=1S/C14H20N2/c1-12(2)16(11-10-15)14(3,4)13-8-6-5-7-9-13/h5-9,12H,11H2,1-4H3. The van der Waals surface area contributed by atoms with Crippen LogP contribution in [-0.4, -0.2) is 17.5 Å². The monoisotopic (exact) mass is 216 g/mol. The minimum absolute atomic E-state index is 0.106. The average molecular weight is 216 g/mol. The Morgan fingerprint density at radius 2 is 1.81 bits per heavy atom. The molecule has 0 saturated heterocycles. The zero-order valence-corrected chi connectivity index (χ0v) is 10.6. The molecule has 0 fully saturated rings. The third kappa shape index (κ3) is 2.62. The van der Waals surface area contributed by atoms with Crippen molar-refractivity contribution in [3.05, 3.63) is 35.9 Å². The van der Waals surface area contributed by atoms with Gasteiger partial charge in [-0.3, -0.25) is 4.90 Å². The van der Waals surface area contributed by atoms with Crippen molar-refractivity contribution in [2.75, 3.05) is 6.54 Å². The van der Waals surface area contributed by atoms with Gasteiger partial charge >= 0.3 is 0 Å². The Hall–Kier alpha value is -1.33. The van der Waals surface area contributed by atoms with Crippen LogP contribution in [0.25, 0.3) is 0 Å². The van der Waals surface area contributed by atoms with Gasteiger partial charge in [-0.1, -0.05) is 30.3 Å². The molecule has 86 valence electrons.